The van der Waals surface area contributed by atoms with Crippen LogP contribution in [0.15, 0.2) is 5.38 Å². The molecule has 0 bridgehead atoms. The number of nitrogens with zero attached hydrogens (tertiary/aromatic N) is 2. The zero-order valence-electron chi connectivity index (χ0n) is 14.5. The largest absolute Gasteiger partial charge is 0.490 e. The summed E-state index contributed by atoms with van der Waals surface area (Å²) in [4.78, 5) is 16.1. The number of halogens is 3. The zero-order chi connectivity index (χ0) is 19.2. The van der Waals surface area contributed by atoms with E-state index in [4.69, 9.17) is 19.4 Å². The molecule has 6 nitrogen and oxygen atoms in total. The number of carboxylic acids is 1. The van der Waals surface area contributed by atoms with Crippen LogP contribution in [0.5, 0.6) is 0 Å². The highest BCUT2D eigenvalue weighted by Gasteiger charge is 2.38. The average molecular weight is 396 g/mol. The summed E-state index contributed by atoms with van der Waals surface area (Å²) >= 11 is 1.73. The molecule has 148 valence electrons. The van der Waals surface area contributed by atoms with Crippen molar-refractivity contribution in [2.75, 3.05) is 39.5 Å². The molecule has 26 heavy (non-hydrogen) atoms. The second kappa shape index (κ2) is 9.63. The van der Waals surface area contributed by atoms with Gasteiger partial charge in [0.05, 0.1) is 30.0 Å². The summed E-state index contributed by atoms with van der Waals surface area (Å²) in [5.41, 5.74) is 1.19. The molecule has 10 heteroatoms. The third kappa shape index (κ3) is 6.49. The fourth-order valence-electron chi connectivity index (χ4n) is 2.92. The predicted octanol–water partition coefficient (Wildman–Crippen LogP) is 2.88. The lowest BCUT2D eigenvalue weighted by atomic mass is 9.98. The monoisotopic (exact) mass is 396 g/mol. The third-order valence-electron chi connectivity index (χ3n) is 4.29. The van der Waals surface area contributed by atoms with Gasteiger partial charge in [-0.1, -0.05) is 0 Å². The number of aromatic nitrogens is 1. The van der Waals surface area contributed by atoms with Crippen molar-refractivity contribution >= 4 is 17.3 Å². The minimum Gasteiger partial charge on any atom is -0.475 e. The van der Waals surface area contributed by atoms with E-state index in [1.54, 1.807) is 11.3 Å². The maximum atomic E-state index is 10.6. The molecule has 1 N–H and O–H groups in total. The van der Waals surface area contributed by atoms with Crippen LogP contribution in [0, 0.1) is 12.8 Å². The standard InChI is InChI=1S/C14H22N2O2S.C2HF3O2/c1-11-15-13(10-19-11)14-9-18-7-4-16(14)8-12-2-5-17-6-3-12;3-2(4,5)1(6)7/h10,12,14H,2-9H2,1H3;(H,6,7). The molecule has 3 rings (SSSR count). The Labute approximate surface area is 153 Å². The molecule has 0 radical (unpaired) electrons. The van der Waals surface area contributed by atoms with Gasteiger partial charge in [-0.15, -0.1) is 11.3 Å². The van der Waals surface area contributed by atoms with Crippen molar-refractivity contribution in [2.45, 2.75) is 32.0 Å². The van der Waals surface area contributed by atoms with Crippen LogP contribution < -0.4 is 0 Å². The van der Waals surface area contributed by atoms with Crippen molar-refractivity contribution in [2.24, 2.45) is 5.92 Å². The first-order valence-corrected chi connectivity index (χ1v) is 9.27. The number of hydrogen-bond acceptors (Lipinski definition) is 6. The second-order valence-corrected chi connectivity index (χ2v) is 7.30. The van der Waals surface area contributed by atoms with Gasteiger partial charge in [-0.2, -0.15) is 13.2 Å². The maximum Gasteiger partial charge on any atom is 0.490 e. The average Bonchev–Trinajstić information content (AvgIpc) is 3.02. The Morgan fingerprint density at radius 1 is 1.35 bits per heavy atom. The van der Waals surface area contributed by atoms with Crippen LogP contribution in [0.2, 0.25) is 0 Å². The number of rotatable bonds is 3. The van der Waals surface area contributed by atoms with E-state index in [2.05, 4.69) is 22.2 Å². The Balaban J connectivity index is 0.000000298. The van der Waals surface area contributed by atoms with Gasteiger partial charge in [-0.05, 0) is 25.7 Å². The van der Waals surface area contributed by atoms with E-state index in [9.17, 15) is 13.2 Å². The number of thiazole rings is 1. The number of ether oxygens (including phenoxy) is 2. The first-order valence-electron chi connectivity index (χ1n) is 8.39. The van der Waals surface area contributed by atoms with Gasteiger partial charge in [-0.25, -0.2) is 9.78 Å². The van der Waals surface area contributed by atoms with E-state index in [1.165, 1.54) is 18.5 Å². The highest BCUT2D eigenvalue weighted by Crippen LogP contribution is 2.28. The van der Waals surface area contributed by atoms with Crippen LogP contribution >= 0.6 is 11.3 Å². The van der Waals surface area contributed by atoms with Gasteiger partial charge in [0.15, 0.2) is 0 Å². The van der Waals surface area contributed by atoms with E-state index in [-0.39, 0.29) is 0 Å². The first-order chi connectivity index (χ1) is 12.3. The van der Waals surface area contributed by atoms with Crippen molar-refractivity contribution in [1.82, 2.24) is 9.88 Å². The number of morpholine rings is 1. The summed E-state index contributed by atoms with van der Waals surface area (Å²) in [6, 6.07) is 0.349. The molecule has 0 amide bonds. The van der Waals surface area contributed by atoms with Crippen LogP contribution in [0.3, 0.4) is 0 Å². The van der Waals surface area contributed by atoms with Gasteiger partial charge in [0.2, 0.25) is 0 Å². The smallest absolute Gasteiger partial charge is 0.475 e. The molecule has 0 aliphatic carbocycles. The van der Waals surface area contributed by atoms with E-state index < -0.39 is 12.1 Å². The van der Waals surface area contributed by atoms with E-state index >= 15 is 0 Å². The Morgan fingerprint density at radius 3 is 2.54 bits per heavy atom. The molecular weight excluding hydrogens is 373 g/mol. The van der Waals surface area contributed by atoms with E-state index in [1.807, 2.05) is 0 Å². The molecule has 0 saturated carbocycles. The maximum absolute atomic E-state index is 10.6. The van der Waals surface area contributed by atoms with Gasteiger partial charge in [0, 0.05) is 31.7 Å². The quantitative estimate of drug-likeness (QED) is 0.847. The van der Waals surface area contributed by atoms with Crippen LogP contribution in [-0.4, -0.2) is 66.7 Å². The van der Waals surface area contributed by atoms with Crippen LogP contribution in [0.25, 0.3) is 0 Å². The number of hydrogen-bond donors (Lipinski definition) is 1. The molecule has 2 fully saturated rings. The number of alkyl halides is 3. The summed E-state index contributed by atoms with van der Waals surface area (Å²) in [6.45, 7) is 7.74. The third-order valence-corrected chi connectivity index (χ3v) is 5.09. The first kappa shape index (κ1) is 21.1. The fraction of sp³-hybridized carbons (Fsp3) is 0.750. The minimum absolute atomic E-state index is 0.349. The molecule has 3 heterocycles. The lowest BCUT2D eigenvalue weighted by Crippen LogP contribution is -2.43. The second-order valence-electron chi connectivity index (χ2n) is 6.24. The Bertz CT molecular complexity index is 576. The molecule has 0 spiro atoms. The lowest BCUT2D eigenvalue weighted by Gasteiger charge is -2.37. The molecule has 2 saturated heterocycles. The van der Waals surface area contributed by atoms with Crippen molar-refractivity contribution in [3.05, 3.63) is 16.1 Å². The Kier molecular flexibility index (Phi) is 7.81. The van der Waals surface area contributed by atoms with Gasteiger partial charge in [0.25, 0.3) is 0 Å². The van der Waals surface area contributed by atoms with Crippen LogP contribution in [0.4, 0.5) is 13.2 Å². The number of carboxylic acid groups (broad SMARTS) is 1. The Morgan fingerprint density at radius 2 is 2.00 bits per heavy atom. The van der Waals surface area contributed by atoms with Crippen LogP contribution in [0.1, 0.15) is 29.6 Å². The Hall–Kier alpha value is -1.23. The van der Waals surface area contributed by atoms with Crippen molar-refractivity contribution in [3.63, 3.8) is 0 Å². The fourth-order valence-corrected chi connectivity index (χ4v) is 3.58. The normalized spacial score (nSPS) is 22.5. The predicted molar refractivity (Wildman–Crippen MR) is 89.2 cm³/mol. The SMILES string of the molecule is Cc1nc(C2COCCN2CC2CCOCC2)cs1.O=C(O)C(F)(F)F. The molecule has 2 aliphatic heterocycles. The van der Waals surface area contributed by atoms with Gasteiger partial charge in [0.1, 0.15) is 0 Å². The number of carbonyl (C=O) groups is 1. The highest BCUT2D eigenvalue weighted by molar-refractivity contribution is 7.09. The molecule has 2 aliphatic rings. The molecule has 0 aromatic carbocycles. The van der Waals surface area contributed by atoms with Crippen molar-refractivity contribution < 1.29 is 32.5 Å². The van der Waals surface area contributed by atoms with Crippen molar-refractivity contribution in [3.8, 4) is 0 Å². The van der Waals surface area contributed by atoms with E-state index in [0.29, 0.717) is 6.04 Å². The van der Waals surface area contributed by atoms with Gasteiger partial charge < -0.3 is 14.6 Å². The summed E-state index contributed by atoms with van der Waals surface area (Å²) < 4.78 is 42.8. The summed E-state index contributed by atoms with van der Waals surface area (Å²) in [6.07, 6.45) is -2.69. The molecule has 1 atom stereocenters. The van der Waals surface area contributed by atoms with Crippen LogP contribution in [-0.2, 0) is 14.3 Å². The van der Waals surface area contributed by atoms with Gasteiger partial charge >= 0.3 is 12.1 Å². The summed E-state index contributed by atoms with van der Waals surface area (Å²) in [5, 5.41) is 10.5. The molecule has 1 aromatic rings. The molecule has 1 unspecified atom stereocenters. The minimum atomic E-state index is -5.08. The highest BCUT2D eigenvalue weighted by atomic mass is 32.1. The summed E-state index contributed by atoms with van der Waals surface area (Å²) in [5.74, 6) is -1.98. The number of aliphatic carboxylic acids is 1. The molecular formula is C16H23F3N2O4S. The zero-order valence-corrected chi connectivity index (χ0v) is 15.3. The lowest BCUT2D eigenvalue weighted by molar-refractivity contribution is -0.192. The van der Waals surface area contributed by atoms with E-state index in [0.717, 1.165) is 50.4 Å². The topological polar surface area (TPSA) is 71.9 Å². The summed E-state index contributed by atoms with van der Waals surface area (Å²) in [7, 11) is 0. The van der Waals surface area contributed by atoms with Crippen molar-refractivity contribution in [1.29, 1.82) is 0 Å². The number of aryl methyl sites for hydroxylation is 1. The van der Waals surface area contributed by atoms with Gasteiger partial charge in [-0.3, -0.25) is 4.90 Å². The molecule has 1 aromatic heterocycles.